The Hall–Kier alpha value is -2.10. The largest absolute Gasteiger partial charge is 0.466 e. The summed E-state index contributed by atoms with van der Waals surface area (Å²) in [6.07, 6.45) is 4.35. The predicted octanol–water partition coefficient (Wildman–Crippen LogP) is 2.61. The van der Waals surface area contributed by atoms with Crippen LogP contribution in [0.3, 0.4) is 0 Å². The number of likely N-dealkylation sites (N-methyl/N-ethyl adjacent to an activating group) is 1. The van der Waals surface area contributed by atoms with Crippen LogP contribution in [-0.2, 0) is 6.42 Å². The fraction of sp³-hybridized carbons (Fsp3) is 0.333. The maximum Gasteiger partial charge on any atom is 0.257 e. The van der Waals surface area contributed by atoms with Crippen molar-refractivity contribution in [2.24, 2.45) is 0 Å². The fourth-order valence-corrected chi connectivity index (χ4v) is 2.00. The zero-order chi connectivity index (χ0) is 13.8. The van der Waals surface area contributed by atoms with E-state index >= 15 is 0 Å². The number of hydrogen-bond acceptors (Lipinski definition) is 3. The lowest BCUT2D eigenvalue weighted by atomic mass is 10.1. The maximum atomic E-state index is 12.3. The summed E-state index contributed by atoms with van der Waals surface area (Å²) < 4.78 is 5.39. The van der Waals surface area contributed by atoms with E-state index in [9.17, 15) is 4.79 Å². The monoisotopic (exact) mass is 258 g/mol. The smallest absolute Gasteiger partial charge is 0.257 e. The molecule has 0 atom stereocenters. The first kappa shape index (κ1) is 13.3. The topological polar surface area (TPSA) is 46.3 Å². The first-order chi connectivity index (χ1) is 9.08. The van der Waals surface area contributed by atoms with Gasteiger partial charge in [-0.25, -0.2) is 0 Å². The van der Waals surface area contributed by atoms with Crippen LogP contribution in [0.1, 0.15) is 27.4 Å². The number of hydrogen-bond donors (Lipinski definition) is 0. The molecule has 19 heavy (non-hydrogen) atoms. The molecule has 0 N–H and O–H groups in total. The van der Waals surface area contributed by atoms with Gasteiger partial charge >= 0.3 is 0 Å². The van der Waals surface area contributed by atoms with Crippen molar-refractivity contribution >= 4 is 5.91 Å². The molecule has 2 rings (SSSR count). The molecule has 1 amide bonds. The normalized spacial score (nSPS) is 10.5. The average Bonchev–Trinajstić information content (AvgIpc) is 2.75. The van der Waals surface area contributed by atoms with E-state index in [4.69, 9.17) is 4.42 Å². The number of carbonyl (C=O) groups is 1. The zero-order valence-corrected chi connectivity index (χ0v) is 11.5. The van der Waals surface area contributed by atoms with Crippen LogP contribution in [0.2, 0.25) is 0 Å². The van der Waals surface area contributed by atoms with Crippen LogP contribution >= 0.6 is 0 Å². The second kappa shape index (κ2) is 5.69. The van der Waals surface area contributed by atoms with Gasteiger partial charge in [-0.15, -0.1) is 0 Å². The van der Waals surface area contributed by atoms with Gasteiger partial charge in [0.2, 0.25) is 0 Å². The third-order valence-electron chi connectivity index (χ3n) is 3.10. The van der Waals surface area contributed by atoms with E-state index in [0.29, 0.717) is 17.9 Å². The molecule has 0 aromatic carbocycles. The Morgan fingerprint density at radius 3 is 2.58 bits per heavy atom. The molecule has 2 heterocycles. The lowest BCUT2D eigenvalue weighted by Crippen LogP contribution is -2.29. The van der Waals surface area contributed by atoms with Crippen LogP contribution in [0.25, 0.3) is 0 Å². The number of furan rings is 1. The third-order valence-corrected chi connectivity index (χ3v) is 3.10. The summed E-state index contributed by atoms with van der Waals surface area (Å²) in [5.41, 5.74) is 1.82. The van der Waals surface area contributed by atoms with Crippen molar-refractivity contribution in [2.45, 2.75) is 20.3 Å². The van der Waals surface area contributed by atoms with Gasteiger partial charge in [-0.1, -0.05) is 0 Å². The minimum absolute atomic E-state index is 0.00315. The van der Waals surface area contributed by atoms with Crippen molar-refractivity contribution in [3.63, 3.8) is 0 Å². The van der Waals surface area contributed by atoms with Crippen molar-refractivity contribution < 1.29 is 9.21 Å². The molecule has 100 valence electrons. The predicted molar refractivity (Wildman–Crippen MR) is 73.1 cm³/mol. The van der Waals surface area contributed by atoms with Crippen LogP contribution in [-0.4, -0.2) is 29.4 Å². The molecular weight excluding hydrogens is 240 g/mol. The summed E-state index contributed by atoms with van der Waals surface area (Å²) >= 11 is 0. The van der Waals surface area contributed by atoms with Gasteiger partial charge in [-0.2, -0.15) is 0 Å². The molecule has 0 saturated heterocycles. The molecule has 0 bridgehead atoms. The standard InChI is InChI=1S/C15H18N2O2/c1-11-10-14(12(2)19-11)15(18)17(3)9-6-13-4-7-16-8-5-13/h4-5,7-8,10H,6,9H2,1-3H3. The lowest BCUT2D eigenvalue weighted by molar-refractivity contribution is 0.0795. The Bertz CT molecular complexity index is 561. The fourth-order valence-electron chi connectivity index (χ4n) is 2.00. The molecular formula is C15H18N2O2. The first-order valence-electron chi connectivity index (χ1n) is 6.29. The van der Waals surface area contributed by atoms with Crippen molar-refractivity contribution in [2.75, 3.05) is 13.6 Å². The number of nitrogens with zero attached hydrogens (tertiary/aromatic N) is 2. The Kier molecular flexibility index (Phi) is 4.00. The molecule has 0 aliphatic carbocycles. The van der Waals surface area contributed by atoms with Gasteiger partial charge in [0.1, 0.15) is 11.5 Å². The van der Waals surface area contributed by atoms with Crippen LogP contribution in [0.5, 0.6) is 0 Å². The van der Waals surface area contributed by atoms with Crippen molar-refractivity contribution in [1.82, 2.24) is 9.88 Å². The zero-order valence-electron chi connectivity index (χ0n) is 11.5. The van der Waals surface area contributed by atoms with Gasteiger partial charge in [0.05, 0.1) is 5.56 Å². The van der Waals surface area contributed by atoms with Crippen LogP contribution in [0.15, 0.2) is 35.0 Å². The SMILES string of the molecule is Cc1cc(C(=O)N(C)CCc2ccncc2)c(C)o1. The second-order valence-corrected chi connectivity index (χ2v) is 4.66. The number of pyridine rings is 1. The summed E-state index contributed by atoms with van der Waals surface area (Å²) in [4.78, 5) is 18.0. The van der Waals surface area contributed by atoms with E-state index in [2.05, 4.69) is 4.98 Å². The van der Waals surface area contributed by atoms with E-state index in [1.165, 1.54) is 5.56 Å². The van der Waals surface area contributed by atoms with Crippen molar-refractivity contribution in [3.8, 4) is 0 Å². The highest BCUT2D eigenvalue weighted by Crippen LogP contribution is 2.15. The molecule has 4 heteroatoms. The van der Waals surface area contributed by atoms with E-state index in [1.54, 1.807) is 23.4 Å². The minimum atomic E-state index is 0.00315. The molecule has 2 aromatic rings. The highest BCUT2D eigenvalue weighted by atomic mass is 16.3. The van der Waals surface area contributed by atoms with Gasteiger partial charge < -0.3 is 9.32 Å². The Balaban J connectivity index is 1.98. The first-order valence-corrected chi connectivity index (χ1v) is 6.29. The van der Waals surface area contributed by atoms with Gasteiger partial charge in [-0.3, -0.25) is 9.78 Å². The molecule has 0 spiro atoms. The lowest BCUT2D eigenvalue weighted by Gasteiger charge is -2.16. The number of aryl methyl sites for hydroxylation is 2. The van der Waals surface area contributed by atoms with E-state index in [-0.39, 0.29) is 5.91 Å². The summed E-state index contributed by atoms with van der Waals surface area (Å²) in [5, 5.41) is 0. The van der Waals surface area contributed by atoms with Crippen molar-refractivity contribution in [1.29, 1.82) is 0 Å². The summed E-state index contributed by atoms with van der Waals surface area (Å²) in [6.45, 7) is 4.34. The summed E-state index contributed by atoms with van der Waals surface area (Å²) in [5.74, 6) is 1.45. The average molecular weight is 258 g/mol. The molecule has 0 unspecified atom stereocenters. The molecule has 4 nitrogen and oxygen atoms in total. The van der Waals surface area contributed by atoms with E-state index < -0.39 is 0 Å². The van der Waals surface area contributed by atoms with Crippen LogP contribution in [0, 0.1) is 13.8 Å². The minimum Gasteiger partial charge on any atom is -0.466 e. The molecule has 0 aliphatic rings. The Morgan fingerprint density at radius 1 is 1.32 bits per heavy atom. The molecule has 0 radical (unpaired) electrons. The molecule has 0 fully saturated rings. The molecule has 0 saturated carbocycles. The second-order valence-electron chi connectivity index (χ2n) is 4.66. The van der Waals surface area contributed by atoms with Gasteiger partial charge in [0.15, 0.2) is 0 Å². The maximum absolute atomic E-state index is 12.3. The van der Waals surface area contributed by atoms with Crippen LogP contribution < -0.4 is 0 Å². The molecule has 2 aromatic heterocycles. The van der Waals surface area contributed by atoms with Crippen molar-refractivity contribution in [3.05, 3.63) is 53.2 Å². The number of carbonyl (C=O) groups excluding carboxylic acids is 1. The number of aromatic nitrogens is 1. The summed E-state index contributed by atoms with van der Waals surface area (Å²) in [6, 6.07) is 5.72. The number of amides is 1. The van der Waals surface area contributed by atoms with Gasteiger partial charge in [-0.05, 0) is 44.0 Å². The molecule has 0 aliphatic heterocycles. The third kappa shape index (κ3) is 3.22. The summed E-state index contributed by atoms with van der Waals surface area (Å²) in [7, 11) is 1.81. The van der Waals surface area contributed by atoms with E-state index in [0.717, 1.165) is 12.2 Å². The van der Waals surface area contributed by atoms with Gasteiger partial charge in [0.25, 0.3) is 5.91 Å². The highest BCUT2D eigenvalue weighted by molar-refractivity contribution is 5.95. The Morgan fingerprint density at radius 2 is 2.00 bits per heavy atom. The van der Waals surface area contributed by atoms with Gasteiger partial charge in [0, 0.05) is 26.0 Å². The highest BCUT2D eigenvalue weighted by Gasteiger charge is 2.17. The number of rotatable bonds is 4. The Labute approximate surface area is 113 Å². The van der Waals surface area contributed by atoms with Crippen LogP contribution in [0.4, 0.5) is 0 Å². The quantitative estimate of drug-likeness (QED) is 0.846. The van der Waals surface area contributed by atoms with E-state index in [1.807, 2.05) is 33.0 Å².